The summed E-state index contributed by atoms with van der Waals surface area (Å²) in [6.07, 6.45) is 1.36. The first-order valence-corrected chi connectivity index (χ1v) is 6.98. The monoisotopic (exact) mass is 304 g/mol. The highest BCUT2D eigenvalue weighted by molar-refractivity contribution is 6.15. The maximum absolute atomic E-state index is 12.7. The van der Waals surface area contributed by atoms with Gasteiger partial charge in [-0.05, 0) is 24.3 Å². The zero-order valence-corrected chi connectivity index (χ0v) is 11.6. The molecule has 0 fully saturated rings. The van der Waals surface area contributed by atoms with E-state index in [9.17, 15) is 9.59 Å². The number of H-pyrrole nitrogens is 1. The highest BCUT2D eigenvalue weighted by atomic mass is 16.4. The SMILES string of the molecule is O=c1[nH]c2c(coc3ccc4c(=O)c5ccccc5nc4c32)o1. The second-order valence-corrected chi connectivity index (χ2v) is 5.28. The van der Waals surface area contributed by atoms with Crippen molar-refractivity contribution in [2.24, 2.45) is 0 Å². The Hall–Kier alpha value is -3.41. The van der Waals surface area contributed by atoms with Gasteiger partial charge in [-0.15, -0.1) is 0 Å². The number of oxazole rings is 1. The average Bonchev–Trinajstić information content (AvgIpc) is 2.95. The standard InChI is InChI=1S/C17H8N2O4/c20-16-8-3-1-2-4-10(8)18-14-9(16)5-6-11-13(14)15-12(7-22-11)23-17(21)19-15/h1-7H,(H,19,21). The summed E-state index contributed by atoms with van der Waals surface area (Å²) in [4.78, 5) is 31.4. The van der Waals surface area contributed by atoms with E-state index in [1.807, 2.05) is 6.07 Å². The molecule has 0 aliphatic rings. The molecule has 5 rings (SSSR count). The van der Waals surface area contributed by atoms with Crippen LogP contribution in [-0.2, 0) is 0 Å². The summed E-state index contributed by atoms with van der Waals surface area (Å²) in [6.45, 7) is 0. The Labute approximate surface area is 127 Å². The number of aromatic nitrogens is 2. The normalized spacial score (nSPS) is 11.8. The summed E-state index contributed by atoms with van der Waals surface area (Å²) >= 11 is 0. The van der Waals surface area contributed by atoms with E-state index in [1.165, 1.54) is 6.26 Å². The third kappa shape index (κ3) is 1.54. The lowest BCUT2D eigenvalue weighted by Gasteiger charge is -2.04. The molecule has 0 spiro atoms. The summed E-state index contributed by atoms with van der Waals surface area (Å²) in [5.74, 6) is -0.581. The average molecular weight is 304 g/mol. The molecule has 1 N–H and O–H groups in total. The Bertz CT molecular complexity index is 1360. The lowest BCUT2D eigenvalue weighted by atomic mass is 10.1. The lowest BCUT2D eigenvalue weighted by molar-refractivity contribution is 0.531. The highest BCUT2D eigenvalue weighted by Gasteiger charge is 2.15. The maximum Gasteiger partial charge on any atom is 0.417 e. The number of rotatable bonds is 0. The van der Waals surface area contributed by atoms with Crippen LogP contribution in [0.5, 0.6) is 0 Å². The molecule has 23 heavy (non-hydrogen) atoms. The van der Waals surface area contributed by atoms with Crippen molar-refractivity contribution >= 4 is 43.9 Å². The van der Waals surface area contributed by atoms with Gasteiger partial charge in [0.1, 0.15) is 17.4 Å². The molecule has 5 aromatic rings. The minimum Gasteiger partial charge on any atom is -0.460 e. The molecule has 0 radical (unpaired) electrons. The van der Waals surface area contributed by atoms with Crippen LogP contribution in [0.3, 0.4) is 0 Å². The van der Waals surface area contributed by atoms with Gasteiger partial charge in [0.05, 0.1) is 16.4 Å². The number of hydrogen-bond donors (Lipinski definition) is 1. The van der Waals surface area contributed by atoms with Gasteiger partial charge < -0.3 is 8.83 Å². The van der Waals surface area contributed by atoms with E-state index in [0.29, 0.717) is 38.3 Å². The fourth-order valence-corrected chi connectivity index (χ4v) is 2.97. The Kier molecular flexibility index (Phi) is 2.15. The van der Waals surface area contributed by atoms with Crippen LogP contribution < -0.4 is 11.2 Å². The van der Waals surface area contributed by atoms with E-state index in [2.05, 4.69) is 9.97 Å². The Morgan fingerprint density at radius 1 is 0.957 bits per heavy atom. The number of para-hydroxylation sites is 1. The molecular formula is C17H8N2O4. The van der Waals surface area contributed by atoms with Gasteiger partial charge in [0, 0.05) is 10.8 Å². The van der Waals surface area contributed by atoms with Crippen molar-refractivity contribution in [1.82, 2.24) is 9.97 Å². The van der Waals surface area contributed by atoms with Crippen molar-refractivity contribution in [2.75, 3.05) is 0 Å². The topological polar surface area (TPSA) is 89.1 Å². The Morgan fingerprint density at radius 3 is 2.74 bits per heavy atom. The van der Waals surface area contributed by atoms with Crippen LogP contribution >= 0.6 is 0 Å². The summed E-state index contributed by atoms with van der Waals surface area (Å²) < 4.78 is 10.5. The van der Waals surface area contributed by atoms with Crippen molar-refractivity contribution in [1.29, 1.82) is 0 Å². The van der Waals surface area contributed by atoms with Crippen LogP contribution in [0.4, 0.5) is 0 Å². The fraction of sp³-hybridized carbons (Fsp3) is 0. The number of nitrogens with zero attached hydrogens (tertiary/aromatic N) is 1. The van der Waals surface area contributed by atoms with Crippen LogP contribution in [0.15, 0.2) is 61.1 Å². The van der Waals surface area contributed by atoms with Gasteiger partial charge in [0.15, 0.2) is 11.0 Å². The largest absolute Gasteiger partial charge is 0.460 e. The van der Waals surface area contributed by atoms with E-state index in [1.54, 1.807) is 30.3 Å². The third-order valence-electron chi connectivity index (χ3n) is 3.98. The van der Waals surface area contributed by atoms with Gasteiger partial charge in [-0.25, -0.2) is 9.78 Å². The molecule has 0 atom stereocenters. The predicted octanol–water partition coefficient (Wildman–Crippen LogP) is 2.93. The smallest absolute Gasteiger partial charge is 0.417 e. The molecule has 3 aromatic heterocycles. The Balaban J connectivity index is 2.17. The van der Waals surface area contributed by atoms with Gasteiger partial charge in [0.2, 0.25) is 0 Å². The summed E-state index contributed by atoms with van der Waals surface area (Å²) in [5.41, 5.74) is 2.26. The number of pyridine rings is 1. The first-order chi connectivity index (χ1) is 11.2. The molecule has 0 bridgehead atoms. The maximum atomic E-state index is 12.7. The van der Waals surface area contributed by atoms with Gasteiger partial charge in [0.25, 0.3) is 0 Å². The molecule has 6 heteroatoms. The first kappa shape index (κ1) is 12.2. The molecule has 6 nitrogen and oxygen atoms in total. The number of nitrogens with one attached hydrogen (secondary N) is 1. The van der Waals surface area contributed by atoms with Crippen molar-refractivity contribution in [3.05, 3.63) is 63.4 Å². The summed E-state index contributed by atoms with van der Waals surface area (Å²) in [7, 11) is 0. The quantitative estimate of drug-likeness (QED) is 0.351. The van der Waals surface area contributed by atoms with E-state index in [4.69, 9.17) is 8.83 Å². The number of benzene rings is 2. The van der Waals surface area contributed by atoms with Crippen molar-refractivity contribution < 1.29 is 8.83 Å². The molecule has 3 heterocycles. The van der Waals surface area contributed by atoms with E-state index in [0.717, 1.165) is 0 Å². The first-order valence-electron chi connectivity index (χ1n) is 6.98. The van der Waals surface area contributed by atoms with E-state index in [-0.39, 0.29) is 11.0 Å². The number of fused-ring (bicyclic) bond motifs is 6. The molecule has 0 unspecified atom stereocenters. The summed E-state index contributed by atoms with van der Waals surface area (Å²) in [5, 5.41) is 1.60. The van der Waals surface area contributed by atoms with Crippen LogP contribution in [-0.4, -0.2) is 9.97 Å². The minimum absolute atomic E-state index is 0.102. The van der Waals surface area contributed by atoms with Gasteiger partial charge in [-0.1, -0.05) is 12.1 Å². The minimum atomic E-state index is -0.581. The van der Waals surface area contributed by atoms with Crippen molar-refractivity contribution in [3.8, 4) is 0 Å². The van der Waals surface area contributed by atoms with Gasteiger partial charge in [-0.3, -0.25) is 9.78 Å². The molecule has 0 saturated heterocycles. The van der Waals surface area contributed by atoms with Crippen molar-refractivity contribution in [3.63, 3.8) is 0 Å². The van der Waals surface area contributed by atoms with E-state index >= 15 is 0 Å². The van der Waals surface area contributed by atoms with Crippen LogP contribution in [0, 0.1) is 0 Å². The molecule has 0 amide bonds. The van der Waals surface area contributed by atoms with Gasteiger partial charge >= 0.3 is 5.76 Å². The zero-order valence-electron chi connectivity index (χ0n) is 11.6. The predicted molar refractivity (Wildman–Crippen MR) is 85.7 cm³/mol. The molecule has 2 aromatic carbocycles. The van der Waals surface area contributed by atoms with E-state index < -0.39 is 5.76 Å². The summed E-state index contributed by atoms with van der Waals surface area (Å²) in [6, 6.07) is 10.5. The van der Waals surface area contributed by atoms with Gasteiger partial charge in [-0.2, -0.15) is 0 Å². The van der Waals surface area contributed by atoms with Crippen LogP contribution in [0.25, 0.3) is 43.9 Å². The zero-order chi connectivity index (χ0) is 15.6. The molecule has 0 saturated carbocycles. The fourth-order valence-electron chi connectivity index (χ4n) is 2.97. The second kappa shape index (κ2) is 4.07. The van der Waals surface area contributed by atoms with Crippen molar-refractivity contribution in [2.45, 2.75) is 0 Å². The lowest BCUT2D eigenvalue weighted by Crippen LogP contribution is -2.04. The molecule has 0 aliphatic carbocycles. The van der Waals surface area contributed by atoms with Crippen LogP contribution in [0.1, 0.15) is 0 Å². The Morgan fingerprint density at radius 2 is 1.83 bits per heavy atom. The second-order valence-electron chi connectivity index (χ2n) is 5.28. The number of aromatic amines is 1. The van der Waals surface area contributed by atoms with Crippen LogP contribution in [0.2, 0.25) is 0 Å². The third-order valence-corrected chi connectivity index (χ3v) is 3.98. The molecule has 110 valence electrons. The number of hydrogen-bond acceptors (Lipinski definition) is 5. The highest BCUT2D eigenvalue weighted by Crippen LogP contribution is 2.29. The molecule has 0 aliphatic heterocycles. The molecular weight excluding hydrogens is 296 g/mol.